The van der Waals surface area contributed by atoms with E-state index in [1.807, 2.05) is 0 Å². The molecule has 0 radical (unpaired) electrons. The molecule has 22 heavy (non-hydrogen) atoms. The zero-order valence-electron chi connectivity index (χ0n) is 12.7. The fourth-order valence-corrected chi connectivity index (χ4v) is 2.14. The predicted molar refractivity (Wildman–Crippen MR) is 82.6 cm³/mol. The van der Waals surface area contributed by atoms with Gasteiger partial charge in [0.05, 0.1) is 6.42 Å². The van der Waals surface area contributed by atoms with Gasteiger partial charge in [0.2, 0.25) is 5.89 Å². The van der Waals surface area contributed by atoms with Crippen LogP contribution in [0.25, 0.3) is 0 Å². The van der Waals surface area contributed by atoms with Gasteiger partial charge in [-0.2, -0.15) is 4.98 Å². The summed E-state index contributed by atoms with van der Waals surface area (Å²) in [6.45, 7) is 5.62. The summed E-state index contributed by atoms with van der Waals surface area (Å²) in [5.41, 5.74) is 2.61. The Morgan fingerprint density at radius 2 is 1.82 bits per heavy atom. The highest BCUT2D eigenvalue weighted by atomic mass is 16.5. The van der Waals surface area contributed by atoms with Gasteiger partial charge in [0.15, 0.2) is 5.82 Å². The minimum atomic E-state index is -1.05. The molecule has 1 N–H and O–H groups in total. The van der Waals surface area contributed by atoms with Gasteiger partial charge in [0.25, 0.3) is 0 Å². The molecule has 2 aromatic rings. The summed E-state index contributed by atoms with van der Waals surface area (Å²) in [7, 11) is 0. The van der Waals surface area contributed by atoms with E-state index in [1.54, 1.807) is 0 Å². The van der Waals surface area contributed by atoms with Crippen LogP contribution in [0.15, 0.2) is 40.9 Å². The summed E-state index contributed by atoms with van der Waals surface area (Å²) < 4.78 is 5.04. The minimum absolute atomic E-state index is 0.0433. The van der Waals surface area contributed by atoms with Crippen molar-refractivity contribution < 1.29 is 14.4 Å². The largest absolute Gasteiger partial charge is 0.478 e. The molecule has 0 aliphatic heterocycles. The van der Waals surface area contributed by atoms with Crippen LogP contribution in [-0.2, 0) is 30.5 Å². The molecule has 1 aromatic carbocycles. The highest BCUT2D eigenvalue weighted by Crippen LogP contribution is 2.10. The van der Waals surface area contributed by atoms with Crippen LogP contribution in [0.4, 0.5) is 0 Å². The molecule has 0 spiro atoms. The van der Waals surface area contributed by atoms with Gasteiger partial charge in [-0.25, -0.2) is 4.79 Å². The van der Waals surface area contributed by atoms with E-state index < -0.39 is 5.97 Å². The number of carbonyl (C=O) groups is 1. The van der Waals surface area contributed by atoms with Crippen molar-refractivity contribution in [3.05, 3.63) is 59.3 Å². The van der Waals surface area contributed by atoms with E-state index in [-0.39, 0.29) is 12.0 Å². The van der Waals surface area contributed by atoms with Crippen LogP contribution in [-0.4, -0.2) is 21.2 Å². The van der Waals surface area contributed by atoms with Crippen LogP contribution in [0.3, 0.4) is 0 Å². The number of nitrogens with zero attached hydrogens (tertiary/aromatic N) is 2. The number of rotatable bonds is 8. The summed E-state index contributed by atoms with van der Waals surface area (Å²) in [6.07, 6.45) is 3.81. The first-order valence-electron chi connectivity index (χ1n) is 7.39. The van der Waals surface area contributed by atoms with Gasteiger partial charge in [-0.15, -0.1) is 0 Å². The smallest absolute Gasteiger partial charge is 0.331 e. The molecule has 0 saturated carbocycles. The number of aryl methyl sites for hydroxylation is 3. The first-order valence-corrected chi connectivity index (χ1v) is 7.39. The van der Waals surface area contributed by atoms with Crippen molar-refractivity contribution in [3.8, 4) is 0 Å². The SMILES string of the molecule is C=C(Cc1nc(CCc2ccc(CCC)cc2)no1)C(=O)O. The van der Waals surface area contributed by atoms with Crippen LogP contribution in [0, 0.1) is 0 Å². The summed E-state index contributed by atoms with van der Waals surface area (Å²) in [4.78, 5) is 14.9. The van der Waals surface area contributed by atoms with Crippen molar-refractivity contribution in [2.24, 2.45) is 0 Å². The number of aromatic nitrogens is 2. The van der Waals surface area contributed by atoms with Crippen LogP contribution >= 0.6 is 0 Å². The van der Waals surface area contributed by atoms with Crippen molar-refractivity contribution in [1.29, 1.82) is 0 Å². The Morgan fingerprint density at radius 3 is 2.41 bits per heavy atom. The minimum Gasteiger partial charge on any atom is -0.478 e. The number of hydrogen-bond acceptors (Lipinski definition) is 4. The molecule has 0 amide bonds. The fraction of sp³-hybridized carbons (Fsp3) is 0.353. The van der Waals surface area contributed by atoms with Gasteiger partial charge in [-0.1, -0.05) is 49.3 Å². The normalized spacial score (nSPS) is 10.6. The summed E-state index contributed by atoms with van der Waals surface area (Å²) in [5, 5.41) is 12.6. The zero-order valence-corrected chi connectivity index (χ0v) is 12.7. The van der Waals surface area contributed by atoms with E-state index in [9.17, 15) is 4.79 Å². The third-order valence-corrected chi connectivity index (χ3v) is 3.38. The molecule has 0 aliphatic carbocycles. The number of benzene rings is 1. The van der Waals surface area contributed by atoms with Crippen molar-refractivity contribution in [2.75, 3.05) is 0 Å². The first-order chi connectivity index (χ1) is 10.6. The second kappa shape index (κ2) is 7.54. The van der Waals surface area contributed by atoms with Crippen molar-refractivity contribution in [3.63, 3.8) is 0 Å². The lowest BCUT2D eigenvalue weighted by atomic mass is 10.0. The maximum absolute atomic E-state index is 10.7. The fourth-order valence-electron chi connectivity index (χ4n) is 2.14. The Bertz CT molecular complexity index is 644. The molecule has 0 bridgehead atoms. The van der Waals surface area contributed by atoms with E-state index in [4.69, 9.17) is 9.63 Å². The first kappa shape index (κ1) is 15.9. The standard InChI is InChI=1S/C17H20N2O3/c1-3-4-13-5-7-14(8-6-13)9-10-15-18-16(22-19-15)11-12(2)17(20)21/h5-8H,2-4,9-11H2,1H3,(H,20,21). The molecule has 0 saturated heterocycles. The average Bonchev–Trinajstić information content (AvgIpc) is 2.94. The lowest BCUT2D eigenvalue weighted by Crippen LogP contribution is -2.02. The number of aliphatic carboxylic acids is 1. The number of carboxylic acid groups (broad SMARTS) is 1. The maximum Gasteiger partial charge on any atom is 0.331 e. The molecule has 116 valence electrons. The van der Waals surface area contributed by atoms with Crippen molar-refractivity contribution >= 4 is 5.97 Å². The second-order valence-corrected chi connectivity index (χ2v) is 5.26. The van der Waals surface area contributed by atoms with Crippen LogP contribution < -0.4 is 0 Å². The molecule has 2 rings (SSSR count). The van der Waals surface area contributed by atoms with Crippen LogP contribution in [0.2, 0.25) is 0 Å². The average molecular weight is 300 g/mol. The van der Waals surface area contributed by atoms with Gasteiger partial charge >= 0.3 is 5.97 Å². The van der Waals surface area contributed by atoms with Gasteiger partial charge in [-0.3, -0.25) is 0 Å². The van der Waals surface area contributed by atoms with E-state index >= 15 is 0 Å². The van der Waals surface area contributed by atoms with E-state index in [1.165, 1.54) is 11.1 Å². The molecule has 1 aromatic heterocycles. The lowest BCUT2D eigenvalue weighted by Gasteiger charge is -2.01. The van der Waals surface area contributed by atoms with Crippen LogP contribution in [0.1, 0.15) is 36.2 Å². The van der Waals surface area contributed by atoms with E-state index in [0.717, 1.165) is 19.3 Å². The molecular weight excluding hydrogens is 280 g/mol. The predicted octanol–water partition coefficient (Wildman–Crippen LogP) is 2.99. The number of hydrogen-bond donors (Lipinski definition) is 1. The lowest BCUT2D eigenvalue weighted by molar-refractivity contribution is -0.132. The van der Waals surface area contributed by atoms with Gasteiger partial charge in [0, 0.05) is 12.0 Å². The maximum atomic E-state index is 10.7. The molecule has 5 heteroatoms. The van der Waals surface area contributed by atoms with Gasteiger partial charge in [0.1, 0.15) is 0 Å². The second-order valence-electron chi connectivity index (χ2n) is 5.26. The molecular formula is C17H20N2O3. The highest BCUT2D eigenvalue weighted by molar-refractivity contribution is 5.86. The Morgan fingerprint density at radius 1 is 1.18 bits per heavy atom. The molecule has 1 heterocycles. The Kier molecular flexibility index (Phi) is 5.47. The topological polar surface area (TPSA) is 76.2 Å². The van der Waals surface area contributed by atoms with Crippen molar-refractivity contribution in [2.45, 2.75) is 39.0 Å². The Hall–Kier alpha value is -2.43. The Balaban J connectivity index is 1.88. The summed E-state index contributed by atoms with van der Waals surface area (Å²) in [6, 6.07) is 8.55. The van der Waals surface area contributed by atoms with Crippen LogP contribution in [0.5, 0.6) is 0 Å². The molecule has 5 nitrogen and oxygen atoms in total. The highest BCUT2D eigenvalue weighted by Gasteiger charge is 2.11. The third kappa shape index (κ3) is 4.55. The number of carboxylic acids is 1. The Labute approximate surface area is 129 Å². The molecule has 0 unspecified atom stereocenters. The molecule has 0 fully saturated rings. The van der Waals surface area contributed by atoms with E-state index in [0.29, 0.717) is 18.1 Å². The van der Waals surface area contributed by atoms with E-state index in [2.05, 4.69) is 47.9 Å². The third-order valence-electron chi connectivity index (χ3n) is 3.38. The van der Waals surface area contributed by atoms with Gasteiger partial charge < -0.3 is 9.63 Å². The summed E-state index contributed by atoms with van der Waals surface area (Å²) >= 11 is 0. The summed E-state index contributed by atoms with van der Waals surface area (Å²) in [5.74, 6) is -0.168. The molecule has 0 aliphatic rings. The molecule has 0 atom stereocenters. The zero-order chi connectivity index (χ0) is 15.9. The van der Waals surface area contributed by atoms with Gasteiger partial charge in [-0.05, 0) is 24.0 Å². The monoisotopic (exact) mass is 300 g/mol. The quantitative estimate of drug-likeness (QED) is 0.758. The van der Waals surface area contributed by atoms with Crippen molar-refractivity contribution in [1.82, 2.24) is 10.1 Å².